The molecule has 3 saturated heterocycles. The molecule has 0 unspecified atom stereocenters. The van der Waals surface area contributed by atoms with Crippen LogP contribution in [0.15, 0.2) is 4.99 Å². The van der Waals surface area contributed by atoms with E-state index < -0.39 is 17.9 Å². The van der Waals surface area contributed by atoms with E-state index >= 15 is 0 Å². The Morgan fingerprint density at radius 2 is 1.80 bits per heavy atom. The predicted molar refractivity (Wildman–Crippen MR) is 72.4 cm³/mol. The number of fused-ring (bicyclic) bond motifs is 1. The van der Waals surface area contributed by atoms with E-state index in [1.165, 1.54) is 0 Å². The van der Waals surface area contributed by atoms with Crippen molar-refractivity contribution in [2.75, 3.05) is 6.61 Å². The highest BCUT2D eigenvalue weighted by Gasteiger charge is 2.58. The maximum absolute atomic E-state index is 5.93. The summed E-state index contributed by atoms with van der Waals surface area (Å²) >= 11 is 4.74. The number of hydrogen-bond acceptors (Lipinski definition) is 7. The van der Waals surface area contributed by atoms with Gasteiger partial charge in [-0.15, -0.1) is 0 Å². The minimum Gasteiger partial charge on any atom is -0.348 e. The van der Waals surface area contributed by atoms with Crippen molar-refractivity contribution in [3.05, 3.63) is 0 Å². The average molecular weight is 301 g/mol. The lowest BCUT2D eigenvalue weighted by molar-refractivity contribution is -0.222. The molecule has 112 valence electrons. The van der Waals surface area contributed by atoms with Gasteiger partial charge < -0.3 is 23.7 Å². The second-order valence-electron chi connectivity index (χ2n) is 6.15. The first-order valence-corrected chi connectivity index (χ1v) is 7.12. The zero-order chi connectivity index (χ0) is 14.5. The molecule has 0 amide bonds. The summed E-state index contributed by atoms with van der Waals surface area (Å²) in [6, 6.07) is -0.290. The first-order valence-electron chi connectivity index (χ1n) is 6.71. The predicted octanol–water partition coefficient (Wildman–Crippen LogP) is 1.49. The second kappa shape index (κ2) is 4.81. The molecule has 7 heteroatoms. The number of aliphatic imine (C=N–C) groups is 1. The summed E-state index contributed by atoms with van der Waals surface area (Å²) in [5.41, 5.74) is 0. The molecular formula is C13H19NO5S. The van der Waals surface area contributed by atoms with E-state index in [0.29, 0.717) is 6.61 Å². The molecule has 0 radical (unpaired) electrons. The first kappa shape index (κ1) is 14.5. The highest BCUT2D eigenvalue weighted by atomic mass is 32.1. The van der Waals surface area contributed by atoms with Crippen LogP contribution in [0.2, 0.25) is 0 Å². The Morgan fingerprint density at radius 3 is 2.40 bits per heavy atom. The lowest BCUT2D eigenvalue weighted by atomic mass is 10.0. The summed E-state index contributed by atoms with van der Waals surface area (Å²) in [4.78, 5) is 4.20. The first-order chi connectivity index (χ1) is 9.31. The molecule has 3 rings (SSSR count). The standard InChI is InChI=1S/C13H19NO5S/c1-12(2)15-5-7(17-12)9-8(14-6-20)10-11(16-9)19-13(3,4)18-10/h7-11H,5H2,1-4H3/t7-,8+,9-,10-,11-/m1/s1. The minimum absolute atomic E-state index is 0.219. The normalized spacial score (nSPS) is 45.1. The van der Waals surface area contributed by atoms with Gasteiger partial charge >= 0.3 is 0 Å². The lowest BCUT2D eigenvalue weighted by Gasteiger charge is -2.26. The van der Waals surface area contributed by atoms with Crippen LogP contribution in [0.5, 0.6) is 0 Å². The van der Waals surface area contributed by atoms with Crippen molar-refractivity contribution < 1.29 is 23.7 Å². The molecule has 0 spiro atoms. The summed E-state index contributed by atoms with van der Waals surface area (Å²) in [5.74, 6) is -1.29. The van der Waals surface area contributed by atoms with E-state index in [4.69, 9.17) is 35.9 Å². The molecule has 0 aromatic rings. The van der Waals surface area contributed by atoms with E-state index in [9.17, 15) is 0 Å². The van der Waals surface area contributed by atoms with Crippen LogP contribution in [0.3, 0.4) is 0 Å². The van der Waals surface area contributed by atoms with Crippen LogP contribution < -0.4 is 0 Å². The number of hydrogen-bond donors (Lipinski definition) is 0. The van der Waals surface area contributed by atoms with Crippen LogP contribution >= 0.6 is 12.2 Å². The highest BCUT2D eigenvalue weighted by molar-refractivity contribution is 7.78. The average Bonchev–Trinajstić information content (AvgIpc) is 2.91. The molecule has 3 fully saturated rings. The van der Waals surface area contributed by atoms with Gasteiger partial charge in [0.25, 0.3) is 0 Å². The van der Waals surface area contributed by atoms with Crippen molar-refractivity contribution in [3.63, 3.8) is 0 Å². The molecule has 5 atom stereocenters. The summed E-state index contributed by atoms with van der Waals surface area (Å²) in [6.07, 6.45) is -1.28. The molecule has 0 aliphatic carbocycles. The lowest BCUT2D eigenvalue weighted by Crippen LogP contribution is -2.41. The van der Waals surface area contributed by atoms with Gasteiger partial charge in [-0.3, -0.25) is 0 Å². The fraction of sp³-hybridized carbons (Fsp3) is 0.923. The van der Waals surface area contributed by atoms with Gasteiger partial charge in [-0.05, 0) is 39.9 Å². The zero-order valence-electron chi connectivity index (χ0n) is 12.0. The molecule has 0 aromatic carbocycles. The van der Waals surface area contributed by atoms with Crippen LogP contribution in [0.1, 0.15) is 27.7 Å². The second-order valence-corrected chi connectivity index (χ2v) is 6.33. The third kappa shape index (κ3) is 2.55. The number of rotatable bonds is 2. The summed E-state index contributed by atoms with van der Waals surface area (Å²) in [7, 11) is 0. The van der Waals surface area contributed by atoms with Gasteiger partial charge in [-0.2, -0.15) is 0 Å². The third-order valence-electron chi connectivity index (χ3n) is 3.65. The number of nitrogens with zero attached hydrogens (tertiary/aromatic N) is 1. The highest BCUT2D eigenvalue weighted by Crippen LogP contribution is 2.41. The van der Waals surface area contributed by atoms with Crippen LogP contribution in [-0.2, 0) is 23.7 Å². The third-order valence-corrected chi connectivity index (χ3v) is 3.76. The van der Waals surface area contributed by atoms with Gasteiger partial charge in [0, 0.05) is 0 Å². The van der Waals surface area contributed by atoms with Crippen molar-refractivity contribution in [2.24, 2.45) is 4.99 Å². The summed E-state index contributed by atoms with van der Waals surface area (Å²) in [5, 5.41) is 2.42. The molecule has 0 N–H and O–H groups in total. The van der Waals surface area contributed by atoms with Crippen LogP contribution in [0, 0.1) is 0 Å². The molecule has 3 aliphatic heterocycles. The fourth-order valence-electron chi connectivity index (χ4n) is 2.91. The molecule has 3 aliphatic rings. The van der Waals surface area contributed by atoms with Crippen molar-refractivity contribution in [2.45, 2.75) is 69.9 Å². The maximum Gasteiger partial charge on any atom is 0.189 e. The van der Waals surface area contributed by atoms with Crippen molar-refractivity contribution in [1.29, 1.82) is 0 Å². The van der Waals surface area contributed by atoms with E-state index in [1.807, 2.05) is 27.7 Å². The van der Waals surface area contributed by atoms with E-state index in [-0.39, 0.29) is 24.4 Å². The summed E-state index contributed by atoms with van der Waals surface area (Å²) < 4.78 is 28.9. The quantitative estimate of drug-likeness (QED) is 0.569. The molecule has 0 saturated carbocycles. The van der Waals surface area contributed by atoms with E-state index in [0.717, 1.165) is 0 Å². The Hall–Kier alpha value is -0.400. The Balaban J connectivity index is 1.78. The fourth-order valence-corrected chi connectivity index (χ4v) is 3.03. The van der Waals surface area contributed by atoms with Gasteiger partial charge in [0.15, 0.2) is 17.9 Å². The number of isothiocyanates is 1. The van der Waals surface area contributed by atoms with Gasteiger partial charge in [0.2, 0.25) is 0 Å². The molecule has 3 heterocycles. The Kier molecular flexibility index (Phi) is 3.50. The van der Waals surface area contributed by atoms with E-state index in [2.05, 4.69) is 10.2 Å². The number of ether oxygens (including phenoxy) is 5. The van der Waals surface area contributed by atoms with Gasteiger partial charge in [0.05, 0.1) is 11.8 Å². The zero-order valence-corrected chi connectivity index (χ0v) is 12.8. The molecular weight excluding hydrogens is 282 g/mol. The van der Waals surface area contributed by atoms with E-state index in [1.54, 1.807) is 0 Å². The number of thiocarbonyl (C=S) groups is 1. The van der Waals surface area contributed by atoms with Gasteiger partial charge in [0.1, 0.15) is 24.4 Å². The van der Waals surface area contributed by atoms with Crippen molar-refractivity contribution in [1.82, 2.24) is 0 Å². The van der Waals surface area contributed by atoms with Crippen LogP contribution in [-0.4, -0.2) is 54.0 Å². The molecule has 0 bridgehead atoms. The smallest absolute Gasteiger partial charge is 0.189 e. The molecule has 0 aromatic heterocycles. The monoisotopic (exact) mass is 301 g/mol. The Bertz CT molecular complexity index is 448. The van der Waals surface area contributed by atoms with Gasteiger partial charge in [-0.25, -0.2) is 4.99 Å². The van der Waals surface area contributed by atoms with Crippen LogP contribution in [0.4, 0.5) is 0 Å². The summed E-state index contributed by atoms with van der Waals surface area (Å²) in [6.45, 7) is 7.89. The van der Waals surface area contributed by atoms with Gasteiger partial charge in [-0.1, -0.05) is 0 Å². The SMILES string of the molecule is CC1(C)O[C@H]2O[C@H]([C@H]3COC(C)(C)O3)[C@H](N=C=S)[C@H]2O1. The Morgan fingerprint density at radius 1 is 1.05 bits per heavy atom. The molecule has 6 nitrogen and oxygen atoms in total. The van der Waals surface area contributed by atoms with Crippen molar-refractivity contribution in [3.8, 4) is 0 Å². The topological polar surface area (TPSA) is 58.5 Å². The molecule has 20 heavy (non-hydrogen) atoms. The van der Waals surface area contributed by atoms with Crippen LogP contribution in [0.25, 0.3) is 0 Å². The maximum atomic E-state index is 5.93. The largest absolute Gasteiger partial charge is 0.348 e. The van der Waals surface area contributed by atoms with Crippen molar-refractivity contribution >= 4 is 17.4 Å². The Labute approximate surface area is 123 Å². The minimum atomic E-state index is -0.679.